The molecule has 0 radical (unpaired) electrons. The molecule has 3 aliphatic rings. The fourth-order valence-corrected chi connectivity index (χ4v) is 4.46. The van der Waals surface area contributed by atoms with Gasteiger partial charge in [-0.25, -0.2) is 0 Å². The van der Waals surface area contributed by atoms with Crippen LogP contribution in [0.25, 0.3) is 0 Å². The number of benzene rings is 1. The van der Waals surface area contributed by atoms with Crippen LogP contribution < -0.4 is 0 Å². The highest BCUT2D eigenvalue weighted by Gasteiger charge is 2.50. The molecule has 4 rings (SSSR count). The quantitative estimate of drug-likeness (QED) is 0.652. The van der Waals surface area contributed by atoms with Crippen LogP contribution in [0.3, 0.4) is 0 Å². The van der Waals surface area contributed by atoms with Crippen molar-refractivity contribution in [1.29, 1.82) is 0 Å². The Hall–Kier alpha value is -1.12. The average molecular weight is 240 g/mol. The first-order valence-electron chi connectivity index (χ1n) is 7.01. The van der Waals surface area contributed by atoms with Crippen LogP contribution in [0.2, 0.25) is 0 Å². The SMILES string of the molecule is [O-]N1CC[C@]23C=CCC[C@H]2[C@@H]1Cc1ccccc13. The highest BCUT2D eigenvalue weighted by molar-refractivity contribution is 5.45. The van der Waals surface area contributed by atoms with E-state index in [-0.39, 0.29) is 11.5 Å². The Balaban J connectivity index is 1.95. The number of fused-ring (bicyclic) bond motifs is 1. The smallest absolute Gasteiger partial charge is 0.0189 e. The van der Waals surface area contributed by atoms with Crippen LogP contribution in [0.15, 0.2) is 36.4 Å². The molecule has 1 aliphatic heterocycles. The first-order valence-corrected chi connectivity index (χ1v) is 7.01. The Kier molecular flexibility index (Phi) is 2.21. The lowest BCUT2D eigenvalue weighted by atomic mass is 9.55. The van der Waals surface area contributed by atoms with Gasteiger partial charge in [0.2, 0.25) is 0 Å². The Labute approximate surface area is 108 Å². The maximum Gasteiger partial charge on any atom is 0.0189 e. The van der Waals surface area contributed by atoms with E-state index in [9.17, 15) is 5.21 Å². The zero-order valence-electron chi connectivity index (χ0n) is 10.5. The number of piperidine rings is 1. The predicted octanol–water partition coefficient (Wildman–Crippen LogP) is 3.02. The third-order valence-electron chi connectivity index (χ3n) is 5.25. The molecule has 94 valence electrons. The summed E-state index contributed by atoms with van der Waals surface area (Å²) in [5, 5.41) is 13.5. The van der Waals surface area contributed by atoms with Gasteiger partial charge in [-0.05, 0) is 49.3 Å². The summed E-state index contributed by atoms with van der Waals surface area (Å²) >= 11 is 0. The molecule has 0 saturated carbocycles. The van der Waals surface area contributed by atoms with Crippen LogP contribution in [0.1, 0.15) is 30.4 Å². The van der Waals surface area contributed by atoms with Crippen molar-refractivity contribution in [2.45, 2.75) is 37.1 Å². The average Bonchev–Trinajstić information content (AvgIpc) is 2.43. The predicted molar refractivity (Wildman–Crippen MR) is 72.2 cm³/mol. The molecule has 18 heavy (non-hydrogen) atoms. The van der Waals surface area contributed by atoms with E-state index >= 15 is 0 Å². The second-order valence-electron chi connectivity index (χ2n) is 5.95. The summed E-state index contributed by atoms with van der Waals surface area (Å²) < 4.78 is 0. The fraction of sp³-hybridized carbons (Fsp3) is 0.500. The van der Waals surface area contributed by atoms with Gasteiger partial charge in [-0.15, -0.1) is 0 Å². The summed E-state index contributed by atoms with van der Waals surface area (Å²) in [5.41, 5.74) is 3.06. The highest BCUT2D eigenvalue weighted by Crippen LogP contribution is 2.52. The third-order valence-corrected chi connectivity index (χ3v) is 5.25. The summed E-state index contributed by atoms with van der Waals surface area (Å²) in [6.07, 6.45) is 8.99. The van der Waals surface area contributed by atoms with Gasteiger partial charge in [0.15, 0.2) is 0 Å². The number of rotatable bonds is 0. The van der Waals surface area contributed by atoms with E-state index < -0.39 is 0 Å². The van der Waals surface area contributed by atoms with Gasteiger partial charge < -0.3 is 10.3 Å². The molecule has 1 aromatic carbocycles. The summed E-state index contributed by atoms with van der Waals surface area (Å²) in [5.74, 6) is 0.531. The topological polar surface area (TPSA) is 26.3 Å². The Morgan fingerprint density at radius 1 is 1.28 bits per heavy atom. The molecule has 2 aliphatic carbocycles. The molecule has 0 amide bonds. The van der Waals surface area contributed by atoms with Gasteiger partial charge in [-0.2, -0.15) is 0 Å². The summed E-state index contributed by atoms with van der Waals surface area (Å²) in [6.45, 7) is 0.694. The monoisotopic (exact) mass is 240 g/mol. The second kappa shape index (κ2) is 3.69. The van der Waals surface area contributed by atoms with Gasteiger partial charge in [0.05, 0.1) is 0 Å². The van der Waals surface area contributed by atoms with Crippen LogP contribution in [0, 0.1) is 11.1 Å². The van der Waals surface area contributed by atoms with Gasteiger partial charge >= 0.3 is 0 Å². The van der Waals surface area contributed by atoms with Crippen LogP contribution in [0.5, 0.6) is 0 Å². The van der Waals surface area contributed by atoms with Crippen molar-refractivity contribution < 1.29 is 0 Å². The van der Waals surface area contributed by atoms with Crippen LogP contribution in [-0.2, 0) is 11.8 Å². The lowest BCUT2D eigenvalue weighted by Crippen LogP contribution is -2.58. The molecule has 1 saturated heterocycles. The lowest BCUT2D eigenvalue weighted by molar-refractivity contribution is 0.0602. The maximum atomic E-state index is 12.2. The molecule has 2 bridgehead atoms. The Morgan fingerprint density at radius 2 is 2.17 bits per heavy atom. The minimum Gasteiger partial charge on any atom is -0.785 e. The largest absolute Gasteiger partial charge is 0.785 e. The first kappa shape index (κ1) is 10.8. The molecule has 0 aromatic heterocycles. The zero-order chi connectivity index (χ0) is 12.2. The Bertz CT molecular complexity index is 510. The minimum atomic E-state index is 0.165. The highest BCUT2D eigenvalue weighted by atomic mass is 16.5. The lowest BCUT2D eigenvalue weighted by Gasteiger charge is -2.59. The van der Waals surface area contributed by atoms with Crippen molar-refractivity contribution in [3.05, 3.63) is 52.8 Å². The summed E-state index contributed by atoms with van der Waals surface area (Å²) in [7, 11) is 0. The van der Waals surface area contributed by atoms with E-state index in [1.807, 2.05) is 0 Å². The van der Waals surface area contributed by atoms with Crippen molar-refractivity contribution in [3.63, 3.8) is 0 Å². The third kappa shape index (κ3) is 1.25. The second-order valence-corrected chi connectivity index (χ2v) is 5.95. The molecule has 1 aromatic rings. The molecule has 3 atom stereocenters. The van der Waals surface area contributed by atoms with Crippen molar-refractivity contribution in [2.75, 3.05) is 6.54 Å². The van der Waals surface area contributed by atoms with Gasteiger partial charge in [0, 0.05) is 11.5 Å². The van der Waals surface area contributed by atoms with E-state index in [0.29, 0.717) is 12.5 Å². The number of allylic oxidation sites excluding steroid dienone is 2. The number of nitrogens with zero attached hydrogens (tertiary/aromatic N) is 1. The van der Waals surface area contributed by atoms with Gasteiger partial charge in [-0.1, -0.05) is 36.4 Å². The van der Waals surface area contributed by atoms with Crippen molar-refractivity contribution in [2.24, 2.45) is 5.92 Å². The molecule has 0 N–H and O–H groups in total. The van der Waals surface area contributed by atoms with E-state index in [0.717, 1.165) is 19.3 Å². The van der Waals surface area contributed by atoms with Gasteiger partial charge in [-0.3, -0.25) is 0 Å². The first-order chi connectivity index (χ1) is 8.81. The standard InChI is InChI=1S/C16H18NO/c18-17-10-9-16-8-4-3-7-14(16)15(17)11-12-5-1-2-6-13(12)16/h1-2,4-6,8,14-15H,3,7,9-11H2/q-1/t14-,15-,16-/m0/s1. The number of hydrogen-bond acceptors (Lipinski definition) is 2. The summed E-state index contributed by atoms with van der Waals surface area (Å²) in [4.78, 5) is 0. The molecule has 0 spiro atoms. The minimum absolute atomic E-state index is 0.165. The zero-order valence-corrected chi connectivity index (χ0v) is 10.5. The number of hydrogen-bond donors (Lipinski definition) is 0. The maximum absolute atomic E-state index is 12.2. The van der Waals surface area contributed by atoms with Crippen molar-refractivity contribution >= 4 is 0 Å². The van der Waals surface area contributed by atoms with Crippen LogP contribution >= 0.6 is 0 Å². The van der Waals surface area contributed by atoms with Gasteiger partial charge in [0.25, 0.3) is 0 Å². The molecule has 2 heteroatoms. The van der Waals surface area contributed by atoms with Crippen molar-refractivity contribution in [3.8, 4) is 0 Å². The van der Waals surface area contributed by atoms with Crippen LogP contribution in [0.4, 0.5) is 0 Å². The molecule has 0 unspecified atom stereocenters. The van der Waals surface area contributed by atoms with E-state index in [1.54, 1.807) is 0 Å². The summed E-state index contributed by atoms with van der Waals surface area (Å²) in [6, 6.07) is 8.96. The Morgan fingerprint density at radius 3 is 3.11 bits per heavy atom. The fourth-order valence-electron chi connectivity index (χ4n) is 4.46. The van der Waals surface area contributed by atoms with Crippen molar-refractivity contribution in [1.82, 2.24) is 5.06 Å². The molecule has 2 nitrogen and oxygen atoms in total. The van der Waals surface area contributed by atoms with Crippen LogP contribution in [-0.4, -0.2) is 17.6 Å². The normalized spacial score (nSPS) is 38.1. The number of hydroxylamine groups is 2. The van der Waals surface area contributed by atoms with E-state index in [1.165, 1.54) is 22.6 Å². The molecule has 1 fully saturated rings. The molecular weight excluding hydrogens is 222 g/mol. The van der Waals surface area contributed by atoms with Gasteiger partial charge in [0.1, 0.15) is 0 Å². The van der Waals surface area contributed by atoms with E-state index in [4.69, 9.17) is 0 Å². The molecular formula is C16H18NO-. The molecule has 1 heterocycles. The van der Waals surface area contributed by atoms with E-state index in [2.05, 4.69) is 36.4 Å².